The lowest BCUT2D eigenvalue weighted by Gasteiger charge is -2.36. The van der Waals surface area contributed by atoms with Crippen LogP contribution in [-0.4, -0.2) is 43.6 Å². The average Bonchev–Trinajstić information content (AvgIpc) is 2.66. The molecule has 2 N–H and O–H groups in total. The number of carbonyl (C=O) groups excluding carboxylic acids is 1. The van der Waals surface area contributed by atoms with Gasteiger partial charge in [-0.2, -0.15) is 0 Å². The van der Waals surface area contributed by atoms with Crippen LogP contribution < -0.4 is 26.2 Å². The van der Waals surface area contributed by atoms with Crippen molar-refractivity contribution < 1.29 is 9.53 Å². The summed E-state index contributed by atoms with van der Waals surface area (Å²) in [5.41, 5.74) is 5.29. The predicted molar refractivity (Wildman–Crippen MR) is 95.9 cm³/mol. The Bertz CT molecular complexity index is 846. The number of nitrogens with zero attached hydrogens (tertiary/aromatic N) is 2. The number of hydrogen-bond acceptors (Lipinski definition) is 6. The van der Waals surface area contributed by atoms with Crippen LogP contribution in [0.4, 0.5) is 11.4 Å². The minimum absolute atomic E-state index is 0.0670. The molecule has 3 rings (SSSR count). The van der Waals surface area contributed by atoms with Crippen LogP contribution >= 0.6 is 0 Å². The van der Waals surface area contributed by atoms with E-state index in [4.69, 9.17) is 10.5 Å². The van der Waals surface area contributed by atoms with Crippen LogP contribution in [0.3, 0.4) is 0 Å². The van der Waals surface area contributed by atoms with Crippen LogP contribution in [0.2, 0.25) is 0 Å². The summed E-state index contributed by atoms with van der Waals surface area (Å²) in [5.74, 6) is 0.665. The molecule has 1 saturated heterocycles. The maximum atomic E-state index is 12.3. The van der Waals surface area contributed by atoms with Crippen LogP contribution in [-0.2, 0) is 11.2 Å². The van der Waals surface area contributed by atoms with Gasteiger partial charge in [0.05, 0.1) is 24.4 Å². The Morgan fingerprint density at radius 1 is 1.12 bits per heavy atom. The lowest BCUT2D eigenvalue weighted by molar-refractivity contribution is -0.130. The fourth-order valence-corrected chi connectivity index (χ4v) is 3.09. The molecule has 1 aliphatic heterocycles. The third-order valence-electron chi connectivity index (χ3n) is 4.52. The highest BCUT2D eigenvalue weighted by Gasteiger charge is 2.26. The molecule has 0 aliphatic carbocycles. The first-order chi connectivity index (χ1) is 12.0. The van der Waals surface area contributed by atoms with Gasteiger partial charge in [-0.1, -0.05) is 12.1 Å². The lowest BCUT2D eigenvalue weighted by Crippen LogP contribution is -2.50. The predicted octanol–water partition coefficient (Wildman–Crippen LogP) is 0.155. The summed E-state index contributed by atoms with van der Waals surface area (Å²) in [5, 5.41) is 0. The number of hydrogen-bond donors (Lipinski definition) is 1. The van der Waals surface area contributed by atoms with Gasteiger partial charge in [-0.15, -0.1) is 0 Å². The number of amides is 1. The van der Waals surface area contributed by atoms with Gasteiger partial charge in [-0.05, 0) is 19.1 Å². The summed E-state index contributed by atoms with van der Waals surface area (Å²) in [6, 6.07) is 7.84. The number of anilines is 2. The second kappa shape index (κ2) is 6.96. The van der Waals surface area contributed by atoms with Gasteiger partial charge in [0, 0.05) is 31.7 Å². The Balaban J connectivity index is 1.61. The largest absolute Gasteiger partial charge is 0.492 e. The molecule has 7 heteroatoms. The molecule has 2 aromatic rings. The molecule has 7 nitrogen and oxygen atoms in total. The monoisotopic (exact) mass is 343 g/mol. The maximum absolute atomic E-state index is 12.3. The highest BCUT2D eigenvalue weighted by atomic mass is 16.5. The molecule has 1 fully saturated rings. The smallest absolute Gasteiger partial charge is 0.249 e. The van der Waals surface area contributed by atoms with E-state index in [2.05, 4.69) is 4.90 Å². The van der Waals surface area contributed by atoms with Gasteiger partial charge < -0.3 is 20.3 Å². The van der Waals surface area contributed by atoms with Crippen molar-refractivity contribution in [2.45, 2.75) is 13.3 Å². The zero-order valence-electron chi connectivity index (χ0n) is 14.2. The SMILES string of the molecule is CCOc1ccccc1N1CCN(C(=O)Cc2c(N)c(=O)c2=O)CC1. The number of nitrogen functional groups attached to an aromatic ring is 1. The molecular formula is C18H21N3O4. The quantitative estimate of drug-likeness (QED) is 0.777. The van der Waals surface area contributed by atoms with Gasteiger partial charge in [0.2, 0.25) is 16.8 Å². The second-order valence-corrected chi connectivity index (χ2v) is 6.00. The molecule has 0 unspecified atom stereocenters. The van der Waals surface area contributed by atoms with Crippen LogP contribution in [0.25, 0.3) is 0 Å². The summed E-state index contributed by atoms with van der Waals surface area (Å²) in [6.45, 7) is 5.00. The third-order valence-corrected chi connectivity index (χ3v) is 4.52. The van der Waals surface area contributed by atoms with Crippen molar-refractivity contribution in [3.05, 3.63) is 50.3 Å². The van der Waals surface area contributed by atoms with Crippen molar-refractivity contribution >= 4 is 17.3 Å². The minimum Gasteiger partial charge on any atom is -0.492 e. The molecule has 0 atom stereocenters. The van der Waals surface area contributed by atoms with Gasteiger partial charge in [0.25, 0.3) is 0 Å². The summed E-state index contributed by atoms with van der Waals surface area (Å²) in [7, 11) is 0. The highest BCUT2D eigenvalue weighted by molar-refractivity contribution is 5.81. The van der Waals surface area contributed by atoms with E-state index in [1.54, 1.807) is 4.90 Å². The molecular weight excluding hydrogens is 322 g/mol. The van der Waals surface area contributed by atoms with Crippen molar-refractivity contribution in [1.29, 1.82) is 0 Å². The van der Waals surface area contributed by atoms with E-state index < -0.39 is 10.9 Å². The van der Waals surface area contributed by atoms with Gasteiger partial charge in [-0.25, -0.2) is 0 Å². The summed E-state index contributed by atoms with van der Waals surface area (Å²) < 4.78 is 5.66. The molecule has 0 spiro atoms. The first-order valence-corrected chi connectivity index (χ1v) is 8.35. The van der Waals surface area contributed by atoms with Crippen molar-refractivity contribution in [3.8, 4) is 5.75 Å². The lowest BCUT2D eigenvalue weighted by atomic mass is 10.0. The van der Waals surface area contributed by atoms with Crippen LogP contribution in [0.1, 0.15) is 12.5 Å². The molecule has 25 heavy (non-hydrogen) atoms. The van der Waals surface area contributed by atoms with E-state index in [0.29, 0.717) is 32.8 Å². The first-order valence-electron chi connectivity index (χ1n) is 8.35. The van der Waals surface area contributed by atoms with Crippen molar-refractivity contribution in [2.24, 2.45) is 0 Å². The number of ether oxygens (including phenoxy) is 1. The number of carbonyl (C=O) groups is 1. The van der Waals surface area contributed by atoms with Crippen LogP contribution in [0.5, 0.6) is 5.75 Å². The Morgan fingerprint density at radius 3 is 2.44 bits per heavy atom. The Labute approximate surface area is 145 Å². The fourth-order valence-electron chi connectivity index (χ4n) is 3.09. The Hall–Kier alpha value is -2.83. The summed E-state index contributed by atoms with van der Waals surface area (Å²) >= 11 is 0. The number of piperazine rings is 1. The maximum Gasteiger partial charge on any atom is 0.249 e. The van der Waals surface area contributed by atoms with Gasteiger partial charge >= 0.3 is 0 Å². The third kappa shape index (κ3) is 3.22. The number of nitrogens with two attached hydrogens (primary N) is 1. The zero-order valence-corrected chi connectivity index (χ0v) is 14.2. The van der Waals surface area contributed by atoms with Crippen molar-refractivity contribution in [3.63, 3.8) is 0 Å². The normalized spacial score (nSPS) is 14.8. The molecule has 0 aromatic heterocycles. The molecule has 0 radical (unpaired) electrons. The van der Waals surface area contributed by atoms with E-state index >= 15 is 0 Å². The van der Waals surface area contributed by atoms with Crippen molar-refractivity contribution in [1.82, 2.24) is 4.90 Å². The van der Waals surface area contributed by atoms with Crippen LogP contribution in [0.15, 0.2) is 33.9 Å². The Kier molecular flexibility index (Phi) is 4.74. The van der Waals surface area contributed by atoms with Crippen molar-refractivity contribution in [2.75, 3.05) is 43.4 Å². The number of para-hydroxylation sites is 2. The van der Waals surface area contributed by atoms with E-state index in [1.165, 1.54) is 0 Å². The molecule has 1 aliphatic rings. The minimum atomic E-state index is -0.680. The van der Waals surface area contributed by atoms with Gasteiger partial charge in [-0.3, -0.25) is 14.4 Å². The summed E-state index contributed by atoms with van der Waals surface area (Å²) in [4.78, 5) is 38.8. The average molecular weight is 343 g/mol. The van der Waals surface area contributed by atoms with E-state index in [-0.39, 0.29) is 23.6 Å². The molecule has 0 bridgehead atoms. The highest BCUT2D eigenvalue weighted by Crippen LogP contribution is 2.28. The number of rotatable bonds is 5. The molecule has 132 valence electrons. The second-order valence-electron chi connectivity index (χ2n) is 6.00. The molecule has 2 aromatic carbocycles. The molecule has 1 heterocycles. The Morgan fingerprint density at radius 2 is 1.80 bits per heavy atom. The molecule has 1 amide bonds. The molecule has 0 saturated carbocycles. The standard InChI is InChI=1S/C18H21N3O4/c1-2-25-14-6-4-3-5-13(14)20-7-9-21(10-8-20)15(22)11-12-16(19)18(24)17(12)23/h3-6H,2,7-11,19H2,1H3. The fraction of sp³-hybridized carbons (Fsp3) is 0.389. The van der Waals surface area contributed by atoms with E-state index in [9.17, 15) is 14.4 Å². The van der Waals surface area contributed by atoms with Gasteiger partial charge in [0.1, 0.15) is 5.75 Å². The number of benzene rings is 1. The van der Waals surface area contributed by atoms with E-state index in [0.717, 1.165) is 11.4 Å². The van der Waals surface area contributed by atoms with Gasteiger partial charge in [0.15, 0.2) is 0 Å². The zero-order chi connectivity index (χ0) is 18.0. The summed E-state index contributed by atoms with van der Waals surface area (Å²) in [6.07, 6.45) is -0.0913. The van der Waals surface area contributed by atoms with E-state index in [1.807, 2.05) is 31.2 Å². The van der Waals surface area contributed by atoms with Crippen LogP contribution in [0, 0.1) is 0 Å². The first kappa shape index (κ1) is 17.0. The topological polar surface area (TPSA) is 92.9 Å².